The molecule has 0 unspecified atom stereocenters. The predicted molar refractivity (Wildman–Crippen MR) is 113 cm³/mol. The molecule has 1 aliphatic rings. The number of nitrogens with one attached hydrogen (secondary N) is 1. The molecule has 0 spiro atoms. The first-order valence-corrected chi connectivity index (χ1v) is 10.4. The van der Waals surface area contributed by atoms with Gasteiger partial charge in [0.1, 0.15) is 29.7 Å². The van der Waals surface area contributed by atoms with Crippen LogP contribution in [-0.4, -0.2) is 39.1 Å². The fraction of sp³-hybridized carbons (Fsp3) is 0.318. The van der Waals surface area contributed by atoms with Crippen LogP contribution < -0.4 is 15.7 Å². The minimum atomic E-state index is -4.81. The van der Waals surface area contributed by atoms with E-state index < -0.39 is 52.5 Å². The van der Waals surface area contributed by atoms with Crippen LogP contribution in [0.25, 0.3) is 5.69 Å². The van der Waals surface area contributed by atoms with E-state index in [4.69, 9.17) is 9.47 Å². The summed E-state index contributed by atoms with van der Waals surface area (Å²) in [4.78, 5) is 25.6. The summed E-state index contributed by atoms with van der Waals surface area (Å²) in [5.41, 5.74) is -1.80. The highest BCUT2D eigenvalue weighted by Gasteiger charge is 2.39. The quantitative estimate of drug-likeness (QED) is 0.542. The third-order valence-corrected chi connectivity index (χ3v) is 5.38. The molecule has 2 heterocycles. The van der Waals surface area contributed by atoms with Crippen molar-refractivity contribution in [1.29, 1.82) is 0 Å². The fourth-order valence-electron chi connectivity index (χ4n) is 3.45. The van der Waals surface area contributed by atoms with Crippen molar-refractivity contribution in [3.8, 4) is 11.4 Å². The van der Waals surface area contributed by atoms with Gasteiger partial charge < -0.3 is 14.8 Å². The fourth-order valence-corrected chi connectivity index (χ4v) is 3.45. The Morgan fingerprint density at radius 2 is 1.97 bits per heavy atom. The number of hydrogen-bond acceptors (Lipinski definition) is 5. The van der Waals surface area contributed by atoms with Gasteiger partial charge in [0.05, 0.1) is 24.4 Å². The number of alkyl halides is 3. The van der Waals surface area contributed by atoms with E-state index in [0.717, 1.165) is 12.1 Å². The minimum absolute atomic E-state index is 0.0131. The number of benzene rings is 2. The maximum Gasteiger partial charge on any atom is 0.425 e. The molecule has 0 fully saturated rings. The van der Waals surface area contributed by atoms with E-state index in [1.807, 2.05) is 0 Å². The van der Waals surface area contributed by atoms with Crippen LogP contribution in [-0.2, 0) is 17.9 Å². The first-order chi connectivity index (χ1) is 16.5. The van der Waals surface area contributed by atoms with E-state index in [-0.39, 0.29) is 31.3 Å². The molecule has 3 aromatic rings. The maximum atomic E-state index is 15.1. The molecule has 8 nitrogen and oxygen atoms in total. The first kappa shape index (κ1) is 24.4. The number of carbonyl (C=O) groups is 1. The first-order valence-electron chi connectivity index (χ1n) is 10.4. The van der Waals surface area contributed by atoms with Gasteiger partial charge in [-0.3, -0.25) is 9.36 Å². The molecule has 1 N–H and O–H groups in total. The van der Waals surface area contributed by atoms with E-state index >= 15 is 4.39 Å². The van der Waals surface area contributed by atoms with Crippen LogP contribution in [0.2, 0.25) is 0 Å². The van der Waals surface area contributed by atoms with E-state index in [1.54, 1.807) is 0 Å². The lowest BCUT2D eigenvalue weighted by atomic mass is 10.1. The molecular weight excluding hydrogens is 479 g/mol. The second-order valence-corrected chi connectivity index (χ2v) is 7.80. The predicted octanol–water partition coefficient (Wildman–Crippen LogP) is 3.73. The Morgan fingerprint density at radius 3 is 2.63 bits per heavy atom. The number of para-hydroxylation sites is 1. The Kier molecular flexibility index (Phi) is 6.36. The number of halogens is 5. The van der Waals surface area contributed by atoms with Crippen LogP contribution in [0.4, 0.5) is 27.6 Å². The smallest absolute Gasteiger partial charge is 0.425 e. The van der Waals surface area contributed by atoms with Gasteiger partial charge in [0, 0.05) is 6.07 Å². The molecule has 1 aliphatic heterocycles. The van der Waals surface area contributed by atoms with Gasteiger partial charge in [-0.05, 0) is 31.5 Å². The molecule has 13 heteroatoms. The second kappa shape index (κ2) is 9.13. The van der Waals surface area contributed by atoms with Crippen molar-refractivity contribution in [2.45, 2.75) is 39.3 Å². The molecule has 0 bridgehead atoms. The van der Waals surface area contributed by atoms with Crippen molar-refractivity contribution >= 4 is 11.6 Å². The van der Waals surface area contributed by atoms with Crippen LogP contribution in [0.1, 0.15) is 28.7 Å². The van der Waals surface area contributed by atoms with Gasteiger partial charge in [-0.2, -0.15) is 17.9 Å². The number of rotatable bonds is 5. The van der Waals surface area contributed by atoms with Crippen LogP contribution >= 0.6 is 0 Å². The summed E-state index contributed by atoms with van der Waals surface area (Å²) in [5.74, 6) is -3.52. The number of amides is 1. The number of hydrogen-bond donors (Lipinski definition) is 1. The number of aryl methyl sites for hydroxylation is 1. The van der Waals surface area contributed by atoms with Gasteiger partial charge in [-0.25, -0.2) is 13.6 Å². The summed E-state index contributed by atoms with van der Waals surface area (Å²) in [6, 6.07) is 5.37. The van der Waals surface area contributed by atoms with Crippen molar-refractivity contribution in [1.82, 2.24) is 14.3 Å². The standard InChI is InChI=1S/C22H19F5N4O4/c1-11-4-3-5-14(23)19(11)28-20(32)13-8-15(24)16(9-17(13)35-12(2)22(25,26)27)31-21(33)30-6-7-34-10-18(30)29-31/h3-5,8-9,12H,6-7,10H2,1-2H3,(H,28,32)/t12-/m0/s1. The second-order valence-electron chi connectivity index (χ2n) is 7.80. The molecule has 0 saturated carbocycles. The zero-order valence-corrected chi connectivity index (χ0v) is 18.4. The molecule has 186 valence electrons. The summed E-state index contributed by atoms with van der Waals surface area (Å²) < 4.78 is 81.0. The van der Waals surface area contributed by atoms with Crippen molar-refractivity contribution in [3.05, 3.63) is 69.4 Å². The normalized spacial score (nSPS) is 14.4. The minimum Gasteiger partial charge on any atom is -0.480 e. The van der Waals surface area contributed by atoms with E-state index in [2.05, 4.69) is 10.4 Å². The van der Waals surface area contributed by atoms with Crippen LogP contribution in [0, 0.1) is 18.6 Å². The maximum absolute atomic E-state index is 15.1. The summed E-state index contributed by atoms with van der Waals surface area (Å²) >= 11 is 0. The summed E-state index contributed by atoms with van der Waals surface area (Å²) in [6.45, 7) is 2.58. The largest absolute Gasteiger partial charge is 0.480 e. The summed E-state index contributed by atoms with van der Waals surface area (Å²) in [7, 11) is 0. The zero-order chi connectivity index (χ0) is 25.5. The lowest BCUT2D eigenvalue weighted by Crippen LogP contribution is -2.32. The van der Waals surface area contributed by atoms with Crippen LogP contribution in [0.5, 0.6) is 5.75 Å². The van der Waals surface area contributed by atoms with Crippen LogP contribution in [0.15, 0.2) is 35.1 Å². The van der Waals surface area contributed by atoms with Gasteiger partial charge in [-0.1, -0.05) is 12.1 Å². The average molecular weight is 498 g/mol. The molecule has 0 radical (unpaired) electrons. The lowest BCUT2D eigenvalue weighted by molar-refractivity contribution is -0.189. The van der Waals surface area contributed by atoms with Crippen LogP contribution in [0.3, 0.4) is 0 Å². The van der Waals surface area contributed by atoms with Gasteiger partial charge in [0.25, 0.3) is 5.91 Å². The molecule has 4 rings (SSSR count). The number of carbonyl (C=O) groups excluding carboxylic acids is 1. The molecular formula is C22H19F5N4O4. The van der Waals surface area contributed by atoms with Gasteiger partial charge in [0.2, 0.25) is 0 Å². The number of anilines is 1. The third kappa shape index (κ3) is 4.76. The molecule has 0 saturated heterocycles. The molecule has 2 aromatic carbocycles. The number of fused-ring (bicyclic) bond motifs is 1. The van der Waals surface area contributed by atoms with Gasteiger partial charge >= 0.3 is 11.9 Å². The monoisotopic (exact) mass is 498 g/mol. The third-order valence-electron chi connectivity index (χ3n) is 5.38. The Bertz CT molecular complexity index is 1330. The SMILES string of the molecule is Cc1cccc(F)c1NC(=O)c1cc(F)c(-n2nc3n(c2=O)CCOC3)cc1O[C@@H](C)C(F)(F)F. The Morgan fingerprint density at radius 1 is 1.23 bits per heavy atom. The van der Waals surface area contributed by atoms with Crippen molar-refractivity contribution in [3.63, 3.8) is 0 Å². The molecule has 1 atom stereocenters. The Labute approximate surface area is 194 Å². The average Bonchev–Trinajstić information content (AvgIpc) is 3.13. The van der Waals surface area contributed by atoms with Gasteiger partial charge in [0.15, 0.2) is 11.9 Å². The Hall–Kier alpha value is -3.74. The highest BCUT2D eigenvalue weighted by atomic mass is 19.4. The molecule has 35 heavy (non-hydrogen) atoms. The summed E-state index contributed by atoms with van der Waals surface area (Å²) in [6.07, 6.45) is -7.20. The summed E-state index contributed by atoms with van der Waals surface area (Å²) in [5, 5.41) is 6.23. The van der Waals surface area contributed by atoms with E-state index in [9.17, 15) is 27.2 Å². The molecule has 1 amide bonds. The Balaban J connectivity index is 1.81. The van der Waals surface area contributed by atoms with Crippen molar-refractivity contribution in [2.75, 3.05) is 11.9 Å². The van der Waals surface area contributed by atoms with Crippen molar-refractivity contribution < 1.29 is 36.2 Å². The number of nitrogens with zero attached hydrogens (tertiary/aromatic N) is 3. The lowest BCUT2D eigenvalue weighted by Gasteiger charge is -2.20. The van der Waals surface area contributed by atoms with Gasteiger partial charge in [-0.15, -0.1) is 5.10 Å². The van der Waals surface area contributed by atoms with E-state index in [1.165, 1.54) is 23.6 Å². The highest BCUT2D eigenvalue weighted by molar-refractivity contribution is 6.06. The molecule has 0 aliphatic carbocycles. The highest BCUT2D eigenvalue weighted by Crippen LogP contribution is 2.31. The number of aromatic nitrogens is 3. The number of ether oxygens (including phenoxy) is 2. The topological polar surface area (TPSA) is 87.4 Å². The van der Waals surface area contributed by atoms with E-state index in [0.29, 0.717) is 23.2 Å². The van der Waals surface area contributed by atoms with Crippen molar-refractivity contribution in [2.24, 2.45) is 0 Å². The zero-order valence-electron chi connectivity index (χ0n) is 18.4. The molecule has 1 aromatic heterocycles.